The molecule has 3 aromatic carbocycles. The van der Waals surface area contributed by atoms with Gasteiger partial charge in [-0.05, 0) is 59.4 Å². The van der Waals surface area contributed by atoms with Crippen molar-refractivity contribution in [2.45, 2.75) is 25.9 Å². The van der Waals surface area contributed by atoms with Gasteiger partial charge in [0.05, 0.1) is 0 Å². The summed E-state index contributed by atoms with van der Waals surface area (Å²) in [6.45, 7) is 0.521. The van der Waals surface area contributed by atoms with Gasteiger partial charge >= 0.3 is 0 Å². The lowest BCUT2D eigenvalue weighted by molar-refractivity contribution is 0.0972. The van der Waals surface area contributed by atoms with Crippen LogP contribution in [-0.2, 0) is 13.0 Å². The van der Waals surface area contributed by atoms with Crippen molar-refractivity contribution in [1.82, 2.24) is 0 Å². The fourth-order valence-corrected chi connectivity index (χ4v) is 3.35. The third-order valence-corrected chi connectivity index (χ3v) is 4.67. The van der Waals surface area contributed by atoms with Crippen molar-refractivity contribution >= 4 is 5.78 Å². The van der Waals surface area contributed by atoms with Crippen LogP contribution in [0.15, 0.2) is 72.8 Å². The van der Waals surface area contributed by atoms with Gasteiger partial charge < -0.3 is 4.74 Å². The van der Waals surface area contributed by atoms with Crippen molar-refractivity contribution in [3.63, 3.8) is 0 Å². The Morgan fingerprint density at radius 2 is 1.64 bits per heavy atom. The molecule has 25 heavy (non-hydrogen) atoms. The van der Waals surface area contributed by atoms with Crippen molar-refractivity contribution in [1.29, 1.82) is 0 Å². The Labute approximate surface area is 148 Å². The van der Waals surface area contributed by atoms with Gasteiger partial charge in [0.2, 0.25) is 0 Å². The minimum Gasteiger partial charge on any atom is -0.489 e. The summed E-state index contributed by atoms with van der Waals surface area (Å²) in [7, 11) is 0. The van der Waals surface area contributed by atoms with Gasteiger partial charge in [0, 0.05) is 12.0 Å². The van der Waals surface area contributed by atoms with E-state index in [0.29, 0.717) is 13.0 Å². The Morgan fingerprint density at radius 1 is 0.800 bits per heavy atom. The molecule has 0 saturated heterocycles. The molecule has 0 aliphatic heterocycles. The smallest absolute Gasteiger partial charge is 0.163 e. The molecule has 0 bridgehead atoms. The first-order chi connectivity index (χ1) is 12.3. The summed E-state index contributed by atoms with van der Waals surface area (Å²) < 4.78 is 5.97. The number of hydrogen-bond donors (Lipinski definition) is 0. The van der Waals surface area contributed by atoms with E-state index in [1.54, 1.807) is 0 Å². The standard InChI is InChI=1S/C23H20O2/c24-23-11-5-10-20-15-21(12-13-22(20)23)25-16-17-6-4-9-19(14-17)18-7-2-1-3-8-18/h1-4,6-9,12-15H,5,10-11,16H2. The Hall–Kier alpha value is -2.87. The molecule has 0 spiro atoms. The number of ether oxygens (including phenoxy) is 1. The Kier molecular flexibility index (Phi) is 4.34. The molecule has 0 N–H and O–H groups in total. The topological polar surface area (TPSA) is 26.3 Å². The Balaban J connectivity index is 1.49. The molecule has 0 radical (unpaired) electrons. The van der Waals surface area contributed by atoms with Gasteiger partial charge in [-0.2, -0.15) is 0 Å². The monoisotopic (exact) mass is 328 g/mol. The molecule has 124 valence electrons. The van der Waals surface area contributed by atoms with Gasteiger partial charge in [0.15, 0.2) is 5.78 Å². The average Bonchev–Trinajstić information content (AvgIpc) is 2.67. The number of benzene rings is 3. The summed E-state index contributed by atoms with van der Waals surface area (Å²) in [5.74, 6) is 1.09. The highest BCUT2D eigenvalue weighted by molar-refractivity contribution is 5.98. The van der Waals surface area contributed by atoms with Crippen LogP contribution in [0.25, 0.3) is 11.1 Å². The highest BCUT2D eigenvalue weighted by Crippen LogP contribution is 2.26. The van der Waals surface area contributed by atoms with Gasteiger partial charge in [0.1, 0.15) is 12.4 Å². The number of carbonyl (C=O) groups excluding carboxylic acids is 1. The van der Waals surface area contributed by atoms with Crippen molar-refractivity contribution in [2.75, 3.05) is 0 Å². The molecule has 0 amide bonds. The molecule has 0 saturated carbocycles. The maximum Gasteiger partial charge on any atom is 0.163 e. The average molecular weight is 328 g/mol. The van der Waals surface area contributed by atoms with Crippen LogP contribution in [0.5, 0.6) is 5.75 Å². The van der Waals surface area contributed by atoms with Crippen LogP contribution in [0.2, 0.25) is 0 Å². The molecule has 1 aliphatic rings. The normalized spacial score (nSPS) is 13.4. The van der Waals surface area contributed by atoms with Crippen LogP contribution >= 0.6 is 0 Å². The van der Waals surface area contributed by atoms with Crippen LogP contribution in [-0.4, -0.2) is 5.78 Å². The quantitative estimate of drug-likeness (QED) is 0.636. The fourth-order valence-electron chi connectivity index (χ4n) is 3.35. The van der Waals surface area contributed by atoms with Gasteiger partial charge in [0.25, 0.3) is 0 Å². The molecule has 0 fully saturated rings. The lowest BCUT2D eigenvalue weighted by Crippen LogP contribution is -2.10. The predicted molar refractivity (Wildman–Crippen MR) is 99.9 cm³/mol. The van der Waals surface area contributed by atoms with E-state index in [0.717, 1.165) is 35.3 Å². The number of rotatable bonds is 4. The summed E-state index contributed by atoms with van der Waals surface area (Å²) in [5, 5.41) is 0. The maximum absolute atomic E-state index is 11.9. The van der Waals surface area contributed by atoms with Crippen molar-refractivity contribution < 1.29 is 9.53 Å². The van der Waals surface area contributed by atoms with E-state index < -0.39 is 0 Å². The second kappa shape index (κ2) is 6.94. The number of aryl methyl sites for hydroxylation is 1. The lowest BCUT2D eigenvalue weighted by atomic mass is 9.90. The Morgan fingerprint density at radius 3 is 2.52 bits per heavy atom. The molecule has 0 aromatic heterocycles. The first kappa shape index (κ1) is 15.6. The number of ketones is 1. The molecule has 0 heterocycles. The van der Waals surface area contributed by atoms with Crippen LogP contribution in [0.4, 0.5) is 0 Å². The number of hydrogen-bond acceptors (Lipinski definition) is 2. The minimum atomic E-state index is 0.253. The largest absolute Gasteiger partial charge is 0.489 e. The van der Waals surface area contributed by atoms with Gasteiger partial charge in [-0.3, -0.25) is 4.79 Å². The summed E-state index contributed by atoms with van der Waals surface area (Å²) in [6, 6.07) is 24.6. The molecule has 0 unspecified atom stereocenters. The first-order valence-electron chi connectivity index (χ1n) is 8.73. The van der Waals surface area contributed by atoms with E-state index >= 15 is 0 Å². The maximum atomic E-state index is 11.9. The van der Waals surface area contributed by atoms with E-state index in [1.807, 2.05) is 36.4 Å². The van der Waals surface area contributed by atoms with E-state index in [9.17, 15) is 4.79 Å². The van der Waals surface area contributed by atoms with E-state index in [4.69, 9.17) is 4.74 Å². The summed E-state index contributed by atoms with van der Waals surface area (Å²) in [5.41, 5.74) is 5.51. The zero-order valence-corrected chi connectivity index (χ0v) is 14.1. The third-order valence-electron chi connectivity index (χ3n) is 4.67. The van der Waals surface area contributed by atoms with Gasteiger partial charge in [-0.25, -0.2) is 0 Å². The van der Waals surface area contributed by atoms with E-state index in [2.05, 4.69) is 36.4 Å². The molecular weight excluding hydrogens is 308 g/mol. The first-order valence-corrected chi connectivity index (χ1v) is 8.73. The van der Waals surface area contributed by atoms with Crippen LogP contribution in [0, 0.1) is 0 Å². The zero-order chi connectivity index (χ0) is 17.1. The molecular formula is C23H20O2. The Bertz CT molecular complexity index is 897. The second-order valence-electron chi connectivity index (χ2n) is 6.45. The summed E-state index contributed by atoms with van der Waals surface area (Å²) in [4.78, 5) is 11.9. The number of fused-ring (bicyclic) bond motifs is 1. The number of Topliss-reactive ketones (excluding diaryl/α,β-unsaturated/α-hetero) is 1. The van der Waals surface area contributed by atoms with E-state index in [-0.39, 0.29) is 5.78 Å². The van der Waals surface area contributed by atoms with Crippen LogP contribution in [0.1, 0.15) is 34.3 Å². The molecule has 2 heteroatoms. The van der Waals surface area contributed by atoms with Crippen molar-refractivity contribution in [2.24, 2.45) is 0 Å². The van der Waals surface area contributed by atoms with Crippen molar-refractivity contribution in [3.8, 4) is 16.9 Å². The van der Waals surface area contributed by atoms with Gasteiger partial charge in [-0.15, -0.1) is 0 Å². The number of carbonyl (C=O) groups is 1. The third kappa shape index (κ3) is 3.48. The molecule has 2 nitrogen and oxygen atoms in total. The molecule has 3 aromatic rings. The zero-order valence-electron chi connectivity index (χ0n) is 14.1. The van der Waals surface area contributed by atoms with Crippen molar-refractivity contribution in [3.05, 3.63) is 89.5 Å². The van der Waals surface area contributed by atoms with Gasteiger partial charge in [-0.1, -0.05) is 48.5 Å². The lowest BCUT2D eigenvalue weighted by Gasteiger charge is -2.16. The van der Waals surface area contributed by atoms with Crippen LogP contribution < -0.4 is 4.74 Å². The molecule has 4 rings (SSSR count). The van der Waals surface area contributed by atoms with Crippen LogP contribution in [0.3, 0.4) is 0 Å². The highest BCUT2D eigenvalue weighted by Gasteiger charge is 2.17. The molecule has 0 atom stereocenters. The predicted octanol–water partition coefficient (Wildman–Crippen LogP) is 5.45. The highest BCUT2D eigenvalue weighted by atomic mass is 16.5. The molecule has 1 aliphatic carbocycles. The van der Waals surface area contributed by atoms with E-state index in [1.165, 1.54) is 11.1 Å². The summed E-state index contributed by atoms with van der Waals surface area (Å²) >= 11 is 0. The second-order valence-corrected chi connectivity index (χ2v) is 6.45. The summed E-state index contributed by atoms with van der Waals surface area (Å²) in [6.07, 6.45) is 2.57. The SMILES string of the molecule is O=C1CCCc2cc(OCc3cccc(-c4ccccc4)c3)ccc21. The fraction of sp³-hybridized carbons (Fsp3) is 0.174. The minimum absolute atomic E-state index is 0.253.